The molecule has 0 unspecified atom stereocenters. The monoisotopic (exact) mass is 342 g/mol. The van der Waals surface area contributed by atoms with Crippen molar-refractivity contribution in [2.45, 2.75) is 19.9 Å². The molecular weight excluding hydrogens is 324 g/mol. The van der Waals surface area contributed by atoms with Crippen LogP contribution < -0.4 is 5.32 Å². The molecule has 0 fully saturated rings. The summed E-state index contributed by atoms with van der Waals surface area (Å²) < 4.78 is 0. The zero-order chi connectivity index (χ0) is 16.1. The van der Waals surface area contributed by atoms with Crippen molar-refractivity contribution in [3.63, 3.8) is 0 Å². The van der Waals surface area contributed by atoms with Gasteiger partial charge in [0.2, 0.25) is 0 Å². The number of nitrogens with one attached hydrogen (secondary N) is 1. The second kappa shape index (κ2) is 7.73. The Morgan fingerprint density at radius 3 is 2.70 bits per heavy atom. The van der Waals surface area contributed by atoms with Gasteiger partial charge in [-0.2, -0.15) is 0 Å². The van der Waals surface area contributed by atoms with Crippen LogP contribution in [0.3, 0.4) is 0 Å². The van der Waals surface area contributed by atoms with Crippen molar-refractivity contribution in [3.05, 3.63) is 75.9 Å². The number of halogens is 1. The van der Waals surface area contributed by atoms with E-state index in [2.05, 4.69) is 47.6 Å². The van der Waals surface area contributed by atoms with E-state index in [-0.39, 0.29) is 0 Å². The molecule has 0 bridgehead atoms. The van der Waals surface area contributed by atoms with Crippen molar-refractivity contribution in [1.82, 2.24) is 10.3 Å². The molecule has 23 heavy (non-hydrogen) atoms. The third-order valence-electron chi connectivity index (χ3n) is 3.77. The molecule has 2 nitrogen and oxygen atoms in total. The van der Waals surface area contributed by atoms with Gasteiger partial charge in [0, 0.05) is 17.8 Å². The van der Waals surface area contributed by atoms with E-state index in [0.717, 1.165) is 29.5 Å². The van der Waals surface area contributed by atoms with Gasteiger partial charge >= 0.3 is 0 Å². The molecule has 0 aliphatic heterocycles. The van der Waals surface area contributed by atoms with Crippen LogP contribution >= 0.6 is 22.9 Å². The molecule has 0 aliphatic carbocycles. The summed E-state index contributed by atoms with van der Waals surface area (Å²) in [6, 6.07) is 16.4. The highest BCUT2D eigenvalue weighted by Crippen LogP contribution is 2.28. The minimum atomic E-state index is 0.793. The smallest absolute Gasteiger partial charge is 0.107 e. The summed E-state index contributed by atoms with van der Waals surface area (Å²) in [5, 5.41) is 5.40. The van der Waals surface area contributed by atoms with E-state index in [4.69, 9.17) is 11.6 Å². The highest BCUT2D eigenvalue weighted by atomic mass is 35.5. The van der Waals surface area contributed by atoms with Gasteiger partial charge in [0.25, 0.3) is 0 Å². The molecule has 118 valence electrons. The first-order valence-electron chi connectivity index (χ1n) is 7.69. The fraction of sp³-hybridized carbons (Fsp3) is 0.211. The van der Waals surface area contributed by atoms with Crippen molar-refractivity contribution in [1.29, 1.82) is 0 Å². The molecular formula is C19H19ClN2S. The van der Waals surface area contributed by atoms with Crippen LogP contribution in [0.15, 0.2) is 54.7 Å². The molecule has 0 atom stereocenters. The van der Waals surface area contributed by atoms with Gasteiger partial charge in [0.1, 0.15) is 5.01 Å². The topological polar surface area (TPSA) is 24.9 Å². The summed E-state index contributed by atoms with van der Waals surface area (Å²) in [7, 11) is 0. The number of hydrogen-bond donors (Lipinski definition) is 1. The number of thiazole rings is 1. The summed E-state index contributed by atoms with van der Waals surface area (Å²) in [4.78, 5) is 5.75. The molecule has 0 radical (unpaired) electrons. The summed E-state index contributed by atoms with van der Waals surface area (Å²) in [5.41, 5.74) is 3.74. The van der Waals surface area contributed by atoms with E-state index in [1.54, 1.807) is 11.3 Å². The fourth-order valence-corrected chi connectivity index (χ4v) is 3.69. The largest absolute Gasteiger partial charge is 0.310 e. The predicted molar refractivity (Wildman–Crippen MR) is 99.1 cm³/mol. The maximum Gasteiger partial charge on any atom is 0.107 e. The van der Waals surface area contributed by atoms with Crippen LogP contribution in [-0.4, -0.2) is 11.5 Å². The summed E-state index contributed by atoms with van der Waals surface area (Å²) in [5.74, 6) is 0. The van der Waals surface area contributed by atoms with Gasteiger partial charge in [-0.1, -0.05) is 54.1 Å². The fourth-order valence-electron chi connectivity index (χ4n) is 2.49. The highest BCUT2D eigenvalue weighted by molar-refractivity contribution is 7.15. The molecule has 4 heteroatoms. The SMILES string of the molecule is Cc1ccccc1-c1cnc(CNCCc2ccccc2Cl)s1. The molecule has 0 saturated carbocycles. The standard InChI is InChI=1S/C19H19ClN2S/c1-14-6-2-4-8-16(14)18-12-22-19(23-18)13-21-11-10-15-7-3-5-9-17(15)20/h2-9,12,21H,10-11,13H2,1H3. The van der Waals surface area contributed by atoms with Crippen LogP contribution in [0.25, 0.3) is 10.4 Å². The lowest BCUT2D eigenvalue weighted by Gasteiger charge is -2.05. The molecule has 0 amide bonds. The number of rotatable bonds is 6. The molecule has 1 aromatic heterocycles. The average Bonchev–Trinajstić information content (AvgIpc) is 3.02. The third-order valence-corrected chi connectivity index (χ3v) is 5.17. The molecule has 2 aromatic carbocycles. The van der Waals surface area contributed by atoms with Gasteiger partial charge in [-0.3, -0.25) is 0 Å². The molecule has 1 N–H and O–H groups in total. The Morgan fingerprint density at radius 2 is 1.87 bits per heavy atom. The second-order valence-corrected chi connectivity index (χ2v) is 6.97. The molecule has 1 heterocycles. The molecule has 0 aliphatic rings. The molecule has 0 saturated heterocycles. The molecule has 3 aromatic rings. The van der Waals surface area contributed by atoms with E-state index >= 15 is 0 Å². The Balaban J connectivity index is 1.54. The number of aryl methyl sites for hydroxylation is 1. The first-order valence-corrected chi connectivity index (χ1v) is 8.88. The lowest BCUT2D eigenvalue weighted by molar-refractivity contribution is 0.684. The summed E-state index contributed by atoms with van der Waals surface area (Å²) in [6.07, 6.45) is 2.90. The highest BCUT2D eigenvalue weighted by Gasteiger charge is 2.06. The Bertz CT molecular complexity index is 782. The second-order valence-electron chi connectivity index (χ2n) is 5.45. The van der Waals surface area contributed by atoms with Crippen molar-refractivity contribution in [2.75, 3.05) is 6.54 Å². The van der Waals surface area contributed by atoms with Crippen LogP contribution in [0.2, 0.25) is 5.02 Å². The maximum atomic E-state index is 6.17. The van der Waals surface area contributed by atoms with E-state index in [9.17, 15) is 0 Å². The van der Waals surface area contributed by atoms with Gasteiger partial charge in [-0.15, -0.1) is 11.3 Å². The predicted octanol–water partition coefficient (Wildman–Crippen LogP) is 5.10. The molecule has 0 spiro atoms. The van der Waals surface area contributed by atoms with Crippen molar-refractivity contribution in [2.24, 2.45) is 0 Å². The first kappa shape index (κ1) is 16.2. The average molecular weight is 343 g/mol. The Hall–Kier alpha value is -1.68. The van der Waals surface area contributed by atoms with Crippen molar-refractivity contribution >= 4 is 22.9 Å². The van der Waals surface area contributed by atoms with Crippen LogP contribution in [0.1, 0.15) is 16.1 Å². The third kappa shape index (κ3) is 4.20. The number of nitrogens with zero attached hydrogens (tertiary/aromatic N) is 1. The lowest BCUT2D eigenvalue weighted by atomic mass is 10.1. The van der Waals surface area contributed by atoms with Crippen LogP contribution in [-0.2, 0) is 13.0 Å². The normalized spacial score (nSPS) is 10.9. The van der Waals surface area contributed by atoms with Crippen LogP contribution in [0.5, 0.6) is 0 Å². The van der Waals surface area contributed by atoms with E-state index in [1.165, 1.54) is 21.6 Å². The Kier molecular flexibility index (Phi) is 5.44. The quantitative estimate of drug-likeness (QED) is 0.630. The van der Waals surface area contributed by atoms with E-state index in [0.29, 0.717) is 0 Å². The van der Waals surface area contributed by atoms with Gasteiger partial charge < -0.3 is 5.32 Å². The number of hydrogen-bond acceptors (Lipinski definition) is 3. The molecule has 3 rings (SSSR count). The van der Waals surface area contributed by atoms with Gasteiger partial charge in [0.05, 0.1) is 4.88 Å². The zero-order valence-corrected chi connectivity index (χ0v) is 14.6. The van der Waals surface area contributed by atoms with Crippen molar-refractivity contribution in [3.8, 4) is 10.4 Å². The Labute approximate surface area is 146 Å². The minimum absolute atomic E-state index is 0.793. The van der Waals surface area contributed by atoms with Gasteiger partial charge in [-0.25, -0.2) is 4.98 Å². The van der Waals surface area contributed by atoms with Gasteiger partial charge in [-0.05, 0) is 42.6 Å². The summed E-state index contributed by atoms with van der Waals surface area (Å²) in [6.45, 7) is 3.82. The maximum absolute atomic E-state index is 6.17. The van der Waals surface area contributed by atoms with Crippen LogP contribution in [0.4, 0.5) is 0 Å². The lowest BCUT2D eigenvalue weighted by Crippen LogP contribution is -2.16. The summed E-state index contributed by atoms with van der Waals surface area (Å²) >= 11 is 7.92. The van der Waals surface area contributed by atoms with E-state index < -0.39 is 0 Å². The zero-order valence-electron chi connectivity index (χ0n) is 13.1. The Morgan fingerprint density at radius 1 is 1.09 bits per heavy atom. The van der Waals surface area contributed by atoms with Gasteiger partial charge in [0.15, 0.2) is 0 Å². The van der Waals surface area contributed by atoms with Crippen LogP contribution in [0, 0.1) is 6.92 Å². The number of benzene rings is 2. The number of aromatic nitrogens is 1. The van der Waals surface area contributed by atoms with E-state index in [1.807, 2.05) is 24.4 Å². The van der Waals surface area contributed by atoms with Crippen molar-refractivity contribution < 1.29 is 0 Å². The first-order chi connectivity index (χ1) is 11.2. The minimum Gasteiger partial charge on any atom is -0.310 e.